The second kappa shape index (κ2) is 8.60. The van der Waals surface area contributed by atoms with Crippen molar-refractivity contribution in [3.63, 3.8) is 0 Å². The van der Waals surface area contributed by atoms with E-state index in [-0.39, 0.29) is 30.3 Å². The highest BCUT2D eigenvalue weighted by Gasteiger charge is 2.16. The van der Waals surface area contributed by atoms with Crippen LogP contribution in [-0.4, -0.2) is 17.9 Å². The van der Waals surface area contributed by atoms with Gasteiger partial charge in [0.05, 0.1) is 6.04 Å². The van der Waals surface area contributed by atoms with E-state index in [0.29, 0.717) is 0 Å². The van der Waals surface area contributed by atoms with E-state index in [2.05, 4.69) is 24.4 Å². The first-order valence-electron chi connectivity index (χ1n) is 7.06. The Bertz CT molecular complexity index is 542. The van der Waals surface area contributed by atoms with Crippen molar-refractivity contribution in [2.75, 3.05) is 0 Å². The predicted octanol–water partition coefficient (Wildman–Crippen LogP) is 3.90. The lowest BCUT2D eigenvalue weighted by Gasteiger charge is -2.19. The topological polar surface area (TPSA) is 29.1 Å². The lowest BCUT2D eigenvalue weighted by Crippen LogP contribution is -2.41. The van der Waals surface area contributed by atoms with Gasteiger partial charge in [-0.05, 0) is 25.8 Å². The van der Waals surface area contributed by atoms with E-state index in [0.717, 1.165) is 12.0 Å². The minimum absolute atomic E-state index is 0. The molecule has 21 heavy (non-hydrogen) atoms. The highest BCUT2D eigenvalue weighted by atomic mass is 35.5. The van der Waals surface area contributed by atoms with Crippen LogP contribution >= 0.6 is 12.4 Å². The normalized spacial score (nSPS) is 13.0. The largest absolute Gasteiger partial charge is 0.305 e. The van der Waals surface area contributed by atoms with Crippen LogP contribution in [0.3, 0.4) is 0 Å². The van der Waals surface area contributed by atoms with Crippen molar-refractivity contribution >= 4 is 18.2 Å². The Balaban J connectivity index is 0.00000220. The number of hydrogen-bond acceptors (Lipinski definition) is 2. The summed E-state index contributed by atoms with van der Waals surface area (Å²) in [5, 5.41) is 3.38. The van der Waals surface area contributed by atoms with Gasteiger partial charge in [-0.25, -0.2) is 0 Å². The van der Waals surface area contributed by atoms with Crippen LogP contribution in [0.15, 0.2) is 60.7 Å². The van der Waals surface area contributed by atoms with Crippen LogP contribution in [0.5, 0.6) is 0 Å². The van der Waals surface area contributed by atoms with Gasteiger partial charge < -0.3 is 5.32 Å². The Hall–Kier alpha value is -1.64. The van der Waals surface area contributed by atoms with Gasteiger partial charge in [0.15, 0.2) is 5.78 Å². The quantitative estimate of drug-likeness (QED) is 0.820. The molecule has 0 aliphatic carbocycles. The summed E-state index contributed by atoms with van der Waals surface area (Å²) >= 11 is 0. The summed E-state index contributed by atoms with van der Waals surface area (Å²) in [4.78, 5) is 12.3. The summed E-state index contributed by atoms with van der Waals surface area (Å²) in [5.74, 6) is 0.144. The molecule has 0 aromatic heterocycles. The summed E-state index contributed by atoms with van der Waals surface area (Å²) < 4.78 is 0. The molecule has 2 aromatic carbocycles. The van der Waals surface area contributed by atoms with E-state index in [1.807, 2.05) is 55.5 Å². The number of halogens is 1. The number of ketones is 1. The number of rotatable bonds is 6. The Morgan fingerprint density at radius 1 is 0.952 bits per heavy atom. The molecule has 0 radical (unpaired) electrons. The van der Waals surface area contributed by atoms with E-state index in [1.165, 1.54) is 5.56 Å². The van der Waals surface area contributed by atoms with Crippen LogP contribution < -0.4 is 5.32 Å². The van der Waals surface area contributed by atoms with Crippen LogP contribution in [0.25, 0.3) is 0 Å². The minimum atomic E-state index is -0.170. The average molecular weight is 304 g/mol. The van der Waals surface area contributed by atoms with Crippen molar-refractivity contribution in [2.45, 2.75) is 32.4 Å². The molecule has 2 unspecified atom stereocenters. The van der Waals surface area contributed by atoms with E-state index < -0.39 is 0 Å². The van der Waals surface area contributed by atoms with Gasteiger partial charge in [0, 0.05) is 11.6 Å². The van der Waals surface area contributed by atoms with Crippen LogP contribution in [0.2, 0.25) is 0 Å². The van der Waals surface area contributed by atoms with Gasteiger partial charge in [-0.3, -0.25) is 4.79 Å². The number of carbonyl (C=O) groups excluding carboxylic acids is 1. The Morgan fingerprint density at radius 2 is 1.48 bits per heavy atom. The van der Waals surface area contributed by atoms with Gasteiger partial charge in [-0.2, -0.15) is 0 Å². The third-order valence-corrected chi connectivity index (χ3v) is 3.37. The maximum absolute atomic E-state index is 12.3. The van der Waals surface area contributed by atoms with Gasteiger partial charge >= 0.3 is 0 Å². The second-order valence-corrected chi connectivity index (χ2v) is 5.21. The molecule has 0 heterocycles. The summed E-state index contributed by atoms with van der Waals surface area (Å²) in [5.41, 5.74) is 2.05. The first kappa shape index (κ1) is 17.4. The van der Waals surface area contributed by atoms with Crippen molar-refractivity contribution in [3.8, 4) is 0 Å². The lowest BCUT2D eigenvalue weighted by atomic mass is 10.0. The van der Waals surface area contributed by atoms with Gasteiger partial charge in [0.2, 0.25) is 0 Å². The fraction of sp³-hybridized carbons (Fsp3) is 0.278. The lowest BCUT2D eigenvalue weighted by molar-refractivity contribution is 0.0945. The molecule has 0 bridgehead atoms. The fourth-order valence-corrected chi connectivity index (χ4v) is 2.38. The number of Topliss-reactive ketones (excluding diaryl/α,β-unsaturated/α-hetero) is 1. The third-order valence-electron chi connectivity index (χ3n) is 3.37. The molecule has 0 spiro atoms. The molecule has 2 rings (SSSR count). The van der Waals surface area contributed by atoms with Crippen molar-refractivity contribution in [2.24, 2.45) is 0 Å². The van der Waals surface area contributed by atoms with Gasteiger partial charge in [0.1, 0.15) is 0 Å². The number of carbonyl (C=O) groups is 1. The number of hydrogen-bond donors (Lipinski definition) is 1. The molecule has 2 atom stereocenters. The summed E-state index contributed by atoms with van der Waals surface area (Å²) in [6.07, 6.45) is 0.924. The summed E-state index contributed by atoms with van der Waals surface area (Å²) in [6.45, 7) is 4.04. The molecular formula is C18H22ClNO. The molecule has 0 saturated carbocycles. The maximum Gasteiger partial charge on any atom is 0.179 e. The van der Waals surface area contributed by atoms with E-state index >= 15 is 0 Å². The second-order valence-electron chi connectivity index (χ2n) is 5.21. The summed E-state index contributed by atoms with van der Waals surface area (Å²) in [7, 11) is 0. The van der Waals surface area contributed by atoms with Crippen molar-refractivity contribution in [3.05, 3.63) is 71.8 Å². The smallest absolute Gasteiger partial charge is 0.179 e. The Labute approximate surface area is 133 Å². The number of nitrogens with one attached hydrogen (secondary N) is 1. The van der Waals surface area contributed by atoms with Gasteiger partial charge in [0.25, 0.3) is 0 Å². The van der Waals surface area contributed by atoms with Gasteiger partial charge in [-0.1, -0.05) is 60.7 Å². The summed E-state index contributed by atoms with van der Waals surface area (Å²) in [6, 6.07) is 19.9. The third kappa shape index (κ3) is 5.33. The molecule has 112 valence electrons. The van der Waals surface area contributed by atoms with Crippen LogP contribution in [0, 0.1) is 0 Å². The molecule has 1 N–H and O–H groups in total. The zero-order chi connectivity index (χ0) is 14.4. The van der Waals surface area contributed by atoms with E-state index in [9.17, 15) is 4.79 Å². The minimum Gasteiger partial charge on any atom is -0.305 e. The monoisotopic (exact) mass is 303 g/mol. The van der Waals surface area contributed by atoms with E-state index in [4.69, 9.17) is 0 Å². The molecule has 3 heteroatoms. The Morgan fingerprint density at radius 3 is 2.05 bits per heavy atom. The van der Waals surface area contributed by atoms with Crippen LogP contribution in [0.1, 0.15) is 29.8 Å². The zero-order valence-corrected chi connectivity index (χ0v) is 13.3. The zero-order valence-electron chi connectivity index (χ0n) is 12.5. The number of benzene rings is 2. The first-order valence-corrected chi connectivity index (χ1v) is 7.06. The molecule has 0 amide bonds. The standard InChI is InChI=1S/C18H21NO.ClH/c1-14(13-16-9-5-3-6-10-16)19-15(2)18(20)17-11-7-4-8-12-17;/h3-12,14-15,19H,13H2,1-2H3;1H. The van der Waals surface area contributed by atoms with Crippen LogP contribution in [-0.2, 0) is 6.42 Å². The predicted molar refractivity (Wildman–Crippen MR) is 90.2 cm³/mol. The Kier molecular flexibility index (Phi) is 7.13. The highest BCUT2D eigenvalue weighted by Crippen LogP contribution is 2.07. The molecular weight excluding hydrogens is 282 g/mol. The highest BCUT2D eigenvalue weighted by molar-refractivity contribution is 5.99. The molecule has 0 aliphatic rings. The molecule has 0 aliphatic heterocycles. The van der Waals surface area contributed by atoms with Crippen LogP contribution in [0.4, 0.5) is 0 Å². The van der Waals surface area contributed by atoms with E-state index in [1.54, 1.807) is 0 Å². The molecule has 2 nitrogen and oxygen atoms in total. The fourth-order valence-electron chi connectivity index (χ4n) is 2.38. The van der Waals surface area contributed by atoms with Gasteiger partial charge in [-0.15, -0.1) is 12.4 Å². The first-order chi connectivity index (χ1) is 9.66. The molecule has 2 aromatic rings. The SMILES string of the molecule is CC(Cc1ccccc1)NC(C)C(=O)c1ccccc1.Cl. The average Bonchev–Trinajstić information content (AvgIpc) is 2.48. The van der Waals surface area contributed by atoms with Crippen molar-refractivity contribution in [1.82, 2.24) is 5.32 Å². The van der Waals surface area contributed by atoms with Crippen molar-refractivity contribution in [1.29, 1.82) is 0 Å². The van der Waals surface area contributed by atoms with Crippen molar-refractivity contribution < 1.29 is 4.79 Å². The molecule has 0 fully saturated rings. The maximum atomic E-state index is 12.3. The molecule has 0 saturated heterocycles.